The number of carbonyl (C=O) groups excluding carboxylic acids is 2. The van der Waals surface area contributed by atoms with E-state index in [2.05, 4.69) is 20.8 Å². The summed E-state index contributed by atoms with van der Waals surface area (Å²) in [5.74, 6) is -0.249. The lowest BCUT2D eigenvalue weighted by Gasteiger charge is -2.11. The van der Waals surface area contributed by atoms with E-state index in [0.717, 1.165) is 11.4 Å². The maximum atomic E-state index is 12.6. The van der Waals surface area contributed by atoms with Crippen LogP contribution in [0.3, 0.4) is 0 Å². The van der Waals surface area contributed by atoms with E-state index in [4.69, 9.17) is 16.3 Å². The van der Waals surface area contributed by atoms with Gasteiger partial charge in [0, 0.05) is 5.02 Å². The van der Waals surface area contributed by atoms with E-state index >= 15 is 0 Å². The molecule has 2 N–H and O–H groups in total. The first-order chi connectivity index (χ1) is 13.5. The summed E-state index contributed by atoms with van der Waals surface area (Å²) in [7, 11) is 0. The number of aryl methyl sites for hydroxylation is 1. The number of rotatable bonds is 7. The topological polar surface area (TPSA) is 93.2 Å². The zero-order chi connectivity index (χ0) is 19.9. The standard InChI is InChI=1S/C19H17ClN4O3S/c1-2-17-23-24-19(28-17)22-18(26)14-5-3-4-6-15(14)21-16(25)11-27-13-9-7-12(20)8-10-13/h3-10H,2,11H2,1H3,(H,21,25)(H,22,24,26). The molecule has 0 radical (unpaired) electrons. The van der Waals surface area contributed by atoms with Gasteiger partial charge in [-0.15, -0.1) is 10.2 Å². The van der Waals surface area contributed by atoms with Crippen LogP contribution in [0.4, 0.5) is 10.8 Å². The van der Waals surface area contributed by atoms with Crippen molar-refractivity contribution in [2.24, 2.45) is 0 Å². The SMILES string of the molecule is CCc1nnc(NC(=O)c2ccccc2NC(=O)COc2ccc(Cl)cc2)s1. The number of ether oxygens (including phenoxy) is 1. The van der Waals surface area contributed by atoms with Gasteiger partial charge in [-0.05, 0) is 42.8 Å². The third-order valence-corrected chi connectivity index (χ3v) is 4.85. The van der Waals surface area contributed by atoms with Crippen molar-refractivity contribution >= 4 is 45.6 Å². The first-order valence-electron chi connectivity index (χ1n) is 8.46. The Labute approximate surface area is 170 Å². The van der Waals surface area contributed by atoms with Crippen molar-refractivity contribution in [2.75, 3.05) is 17.2 Å². The van der Waals surface area contributed by atoms with E-state index in [9.17, 15) is 9.59 Å². The van der Waals surface area contributed by atoms with E-state index in [0.29, 0.717) is 27.2 Å². The Morgan fingerprint density at radius 2 is 1.82 bits per heavy atom. The zero-order valence-electron chi connectivity index (χ0n) is 14.9. The van der Waals surface area contributed by atoms with Crippen LogP contribution in [-0.4, -0.2) is 28.6 Å². The van der Waals surface area contributed by atoms with Crippen molar-refractivity contribution in [1.29, 1.82) is 0 Å². The molecular weight excluding hydrogens is 400 g/mol. The molecule has 144 valence electrons. The highest BCUT2D eigenvalue weighted by molar-refractivity contribution is 7.15. The van der Waals surface area contributed by atoms with Crippen LogP contribution in [0.1, 0.15) is 22.3 Å². The molecule has 0 aliphatic heterocycles. The largest absolute Gasteiger partial charge is 0.484 e. The van der Waals surface area contributed by atoms with Crippen LogP contribution in [-0.2, 0) is 11.2 Å². The van der Waals surface area contributed by atoms with Crippen LogP contribution in [0.25, 0.3) is 0 Å². The van der Waals surface area contributed by atoms with Gasteiger partial charge < -0.3 is 10.1 Å². The van der Waals surface area contributed by atoms with Crippen molar-refractivity contribution in [3.8, 4) is 5.75 Å². The van der Waals surface area contributed by atoms with Gasteiger partial charge in [-0.1, -0.05) is 42.0 Å². The van der Waals surface area contributed by atoms with Gasteiger partial charge in [0.25, 0.3) is 11.8 Å². The van der Waals surface area contributed by atoms with Crippen LogP contribution < -0.4 is 15.4 Å². The van der Waals surface area contributed by atoms with Crippen LogP contribution in [0.15, 0.2) is 48.5 Å². The minimum absolute atomic E-state index is 0.201. The summed E-state index contributed by atoms with van der Waals surface area (Å²) in [6.45, 7) is 1.76. The van der Waals surface area contributed by atoms with Crippen LogP contribution in [0.5, 0.6) is 5.75 Å². The average Bonchev–Trinajstić information content (AvgIpc) is 3.15. The summed E-state index contributed by atoms with van der Waals surface area (Å²) in [4.78, 5) is 24.8. The van der Waals surface area contributed by atoms with E-state index in [-0.39, 0.29) is 18.4 Å². The quantitative estimate of drug-likeness (QED) is 0.606. The van der Waals surface area contributed by atoms with Crippen molar-refractivity contribution < 1.29 is 14.3 Å². The predicted molar refractivity (Wildman–Crippen MR) is 109 cm³/mol. The number of nitrogens with one attached hydrogen (secondary N) is 2. The molecule has 0 aliphatic carbocycles. The number of hydrogen-bond donors (Lipinski definition) is 2. The third kappa shape index (κ3) is 5.28. The predicted octanol–water partition coefficient (Wildman–Crippen LogP) is 4.02. The summed E-state index contributed by atoms with van der Waals surface area (Å²) < 4.78 is 5.42. The normalized spacial score (nSPS) is 10.4. The molecular formula is C19H17ClN4O3S. The highest BCUT2D eigenvalue weighted by atomic mass is 35.5. The minimum atomic E-state index is -0.389. The first-order valence-corrected chi connectivity index (χ1v) is 9.65. The van der Waals surface area contributed by atoms with Crippen molar-refractivity contribution in [1.82, 2.24) is 10.2 Å². The van der Waals surface area contributed by atoms with E-state index in [1.54, 1.807) is 48.5 Å². The molecule has 0 spiro atoms. The number of aromatic nitrogens is 2. The molecule has 28 heavy (non-hydrogen) atoms. The summed E-state index contributed by atoms with van der Waals surface area (Å²) in [6, 6.07) is 13.4. The molecule has 0 aliphatic rings. The number of para-hydroxylation sites is 1. The van der Waals surface area contributed by atoms with Crippen molar-refractivity contribution in [3.63, 3.8) is 0 Å². The molecule has 0 unspecified atom stereocenters. The van der Waals surface area contributed by atoms with Gasteiger partial charge in [0.15, 0.2) is 6.61 Å². The summed E-state index contributed by atoms with van der Waals surface area (Å²) >= 11 is 7.13. The summed E-state index contributed by atoms with van der Waals surface area (Å²) in [6.07, 6.45) is 0.744. The maximum Gasteiger partial charge on any atom is 0.262 e. The number of carbonyl (C=O) groups is 2. The number of benzene rings is 2. The van der Waals surface area contributed by atoms with Crippen molar-refractivity contribution in [3.05, 3.63) is 64.1 Å². The zero-order valence-corrected chi connectivity index (χ0v) is 16.5. The third-order valence-electron chi connectivity index (χ3n) is 3.62. The number of amides is 2. The van der Waals surface area contributed by atoms with Crippen LogP contribution in [0.2, 0.25) is 5.02 Å². The Morgan fingerprint density at radius 1 is 1.07 bits per heavy atom. The molecule has 1 heterocycles. The second kappa shape index (κ2) is 9.29. The van der Waals surface area contributed by atoms with Gasteiger partial charge in [0.05, 0.1) is 11.3 Å². The van der Waals surface area contributed by atoms with E-state index in [1.165, 1.54) is 11.3 Å². The number of nitrogens with zero attached hydrogens (tertiary/aromatic N) is 2. The summed E-state index contributed by atoms with van der Waals surface area (Å²) in [5, 5.41) is 15.1. The van der Waals surface area contributed by atoms with Gasteiger partial charge in [0.2, 0.25) is 5.13 Å². The molecule has 0 saturated carbocycles. The first kappa shape index (κ1) is 19.8. The van der Waals surface area contributed by atoms with E-state index in [1.807, 2.05) is 6.92 Å². The average molecular weight is 417 g/mol. The van der Waals surface area contributed by atoms with Gasteiger partial charge >= 0.3 is 0 Å². The fourth-order valence-electron chi connectivity index (χ4n) is 2.27. The Kier molecular flexibility index (Phi) is 6.57. The van der Waals surface area contributed by atoms with Gasteiger partial charge in [0.1, 0.15) is 10.8 Å². The highest BCUT2D eigenvalue weighted by Crippen LogP contribution is 2.20. The minimum Gasteiger partial charge on any atom is -0.484 e. The lowest BCUT2D eigenvalue weighted by molar-refractivity contribution is -0.118. The lowest BCUT2D eigenvalue weighted by Crippen LogP contribution is -2.22. The second-order valence-electron chi connectivity index (χ2n) is 5.64. The Morgan fingerprint density at radius 3 is 2.54 bits per heavy atom. The Bertz CT molecular complexity index is 975. The molecule has 1 aromatic heterocycles. The molecule has 7 nitrogen and oxygen atoms in total. The maximum absolute atomic E-state index is 12.6. The number of hydrogen-bond acceptors (Lipinski definition) is 6. The fourth-order valence-corrected chi connectivity index (χ4v) is 3.07. The van der Waals surface area contributed by atoms with Gasteiger partial charge in [-0.2, -0.15) is 0 Å². The molecule has 0 fully saturated rings. The van der Waals surface area contributed by atoms with Crippen molar-refractivity contribution in [2.45, 2.75) is 13.3 Å². The molecule has 2 amide bonds. The summed E-state index contributed by atoms with van der Waals surface area (Å²) in [5.41, 5.74) is 0.695. The fraction of sp³-hybridized carbons (Fsp3) is 0.158. The number of anilines is 2. The Balaban J connectivity index is 1.63. The smallest absolute Gasteiger partial charge is 0.262 e. The molecule has 2 aromatic carbocycles. The molecule has 3 aromatic rings. The molecule has 0 bridgehead atoms. The van der Waals surface area contributed by atoms with Crippen LogP contribution >= 0.6 is 22.9 Å². The Hall–Kier alpha value is -2.97. The number of halogens is 1. The highest BCUT2D eigenvalue weighted by Gasteiger charge is 2.15. The van der Waals surface area contributed by atoms with Crippen LogP contribution in [0, 0.1) is 0 Å². The van der Waals surface area contributed by atoms with E-state index < -0.39 is 0 Å². The molecule has 0 saturated heterocycles. The molecule has 3 rings (SSSR count). The second-order valence-corrected chi connectivity index (χ2v) is 7.14. The van der Waals surface area contributed by atoms with Gasteiger partial charge in [-0.25, -0.2) is 0 Å². The molecule has 0 atom stereocenters. The van der Waals surface area contributed by atoms with Gasteiger partial charge in [-0.3, -0.25) is 14.9 Å². The lowest BCUT2D eigenvalue weighted by atomic mass is 10.1. The molecule has 9 heteroatoms. The monoisotopic (exact) mass is 416 g/mol.